The highest BCUT2D eigenvalue weighted by atomic mass is 79.9. The molecule has 0 aromatic carbocycles. The predicted octanol–water partition coefficient (Wildman–Crippen LogP) is 3.30. The third kappa shape index (κ3) is 3.61. The van der Waals surface area contributed by atoms with Crippen LogP contribution in [-0.2, 0) is 12.8 Å². The molecular formula is C15H18BrN3. The molecule has 0 saturated carbocycles. The molecule has 1 N–H and O–H groups in total. The van der Waals surface area contributed by atoms with Crippen molar-refractivity contribution >= 4 is 15.9 Å². The quantitative estimate of drug-likeness (QED) is 0.918. The van der Waals surface area contributed by atoms with Gasteiger partial charge < -0.3 is 5.32 Å². The van der Waals surface area contributed by atoms with Crippen LogP contribution in [0, 0.1) is 0 Å². The number of hydrogen-bond donors (Lipinski definition) is 1. The summed E-state index contributed by atoms with van der Waals surface area (Å²) in [7, 11) is 2.00. The summed E-state index contributed by atoms with van der Waals surface area (Å²) in [6.07, 6.45) is 9.46. The van der Waals surface area contributed by atoms with Crippen molar-refractivity contribution in [3.8, 4) is 0 Å². The molecule has 4 heteroatoms. The lowest BCUT2D eigenvalue weighted by Gasteiger charge is -2.19. The highest BCUT2D eigenvalue weighted by Crippen LogP contribution is 2.22. The molecule has 0 aliphatic heterocycles. The normalized spacial score (nSPS) is 12.4. The van der Waals surface area contributed by atoms with Gasteiger partial charge in [0.05, 0.1) is 0 Å². The molecule has 0 aliphatic rings. The zero-order chi connectivity index (χ0) is 13.7. The van der Waals surface area contributed by atoms with E-state index in [-0.39, 0.29) is 6.04 Å². The molecule has 19 heavy (non-hydrogen) atoms. The Morgan fingerprint density at radius 1 is 1.26 bits per heavy atom. The Labute approximate surface area is 122 Å². The molecule has 2 heterocycles. The molecule has 2 aromatic heterocycles. The number of hydrogen-bond acceptors (Lipinski definition) is 3. The van der Waals surface area contributed by atoms with Crippen LogP contribution in [0.4, 0.5) is 0 Å². The van der Waals surface area contributed by atoms with E-state index in [1.165, 1.54) is 16.7 Å². The van der Waals surface area contributed by atoms with Crippen molar-refractivity contribution in [2.24, 2.45) is 0 Å². The summed E-state index contributed by atoms with van der Waals surface area (Å²) < 4.78 is 1.02. The molecule has 0 aliphatic carbocycles. The first-order valence-electron chi connectivity index (χ1n) is 6.44. The molecule has 100 valence electrons. The Kier molecular flexibility index (Phi) is 5.05. The fourth-order valence-corrected chi connectivity index (χ4v) is 2.66. The van der Waals surface area contributed by atoms with Gasteiger partial charge in [0.15, 0.2) is 0 Å². The number of aryl methyl sites for hydroxylation is 1. The second-order valence-electron chi connectivity index (χ2n) is 4.48. The SMILES string of the molecule is CCc1cnccc1C(Cc1cncc(Br)c1)NC. The molecule has 1 unspecified atom stereocenters. The van der Waals surface area contributed by atoms with Gasteiger partial charge in [0, 0.05) is 35.3 Å². The summed E-state index contributed by atoms with van der Waals surface area (Å²) >= 11 is 3.47. The van der Waals surface area contributed by atoms with Crippen LogP contribution in [0.15, 0.2) is 41.4 Å². The Morgan fingerprint density at radius 2 is 2.11 bits per heavy atom. The van der Waals surface area contributed by atoms with Gasteiger partial charge in [0.2, 0.25) is 0 Å². The van der Waals surface area contributed by atoms with Gasteiger partial charge in [-0.05, 0) is 64.6 Å². The van der Waals surface area contributed by atoms with Crippen LogP contribution in [0.25, 0.3) is 0 Å². The van der Waals surface area contributed by atoms with Gasteiger partial charge in [-0.3, -0.25) is 9.97 Å². The number of nitrogens with one attached hydrogen (secondary N) is 1. The molecule has 2 rings (SSSR count). The van der Waals surface area contributed by atoms with E-state index < -0.39 is 0 Å². The lowest BCUT2D eigenvalue weighted by molar-refractivity contribution is 0.585. The van der Waals surface area contributed by atoms with E-state index in [2.05, 4.69) is 50.3 Å². The molecule has 0 radical (unpaired) electrons. The van der Waals surface area contributed by atoms with E-state index in [1.807, 2.05) is 31.8 Å². The van der Waals surface area contributed by atoms with Gasteiger partial charge in [-0.2, -0.15) is 0 Å². The lowest BCUT2D eigenvalue weighted by Crippen LogP contribution is -2.20. The molecule has 0 saturated heterocycles. The predicted molar refractivity (Wildman–Crippen MR) is 81.1 cm³/mol. The number of halogens is 1. The maximum absolute atomic E-state index is 4.22. The van der Waals surface area contributed by atoms with E-state index in [0.29, 0.717) is 0 Å². The second kappa shape index (κ2) is 6.78. The molecular weight excluding hydrogens is 302 g/mol. The van der Waals surface area contributed by atoms with Gasteiger partial charge in [0.25, 0.3) is 0 Å². The van der Waals surface area contributed by atoms with E-state index in [4.69, 9.17) is 0 Å². The third-order valence-corrected chi connectivity index (χ3v) is 3.68. The summed E-state index contributed by atoms with van der Waals surface area (Å²) in [4.78, 5) is 8.43. The van der Waals surface area contributed by atoms with Gasteiger partial charge in [0.1, 0.15) is 0 Å². The summed E-state index contributed by atoms with van der Waals surface area (Å²) in [6, 6.07) is 4.50. The van der Waals surface area contributed by atoms with Crippen LogP contribution >= 0.6 is 15.9 Å². The molecule has 0 fully saturated rings. The Bertz CT molecular complexity index is 542. The number of aromatic nitrogens is 2. The number of likely N-dealkylation sites (N-methyl/N-ethyl adjacent to an activating group) is 1. The Hall–Kier alpha value is -1.26. The van der Waals surface area contributed by atoms with Crippen molar-refractivity contribution in [1.82, 2.24) is 15.3 Å². The summed E-state index contributed by atoms with van der Waals surface area (Å²) in [5.41, 5.74) is 3.83. The Balaban J connectivity index is 2.25. The zero-order valence-corrected chi connectivity index (χ0v) is 12.8. The van der Waals surface area contributed by atoms with Crippen molar-refractivity contribution in [2.45, 2.75) is 25.8 Å². The maximum Gasteiger partial charge on any atom is 0.0410 e. The van der Waals surface area contributed by atoms with Crippen molar-refractivity contribution in [2.75, 3.05) is 7.05 Å². The molecule has 1 atom stereocenters. The van der Waals surface area contributed by atoms with Crippen LogP contribution in [-0.4, -0.2) is 17.0 Å². The first-order valence-corrected chi connectivity index (χ1v) is 7.23. The largest absolute Gasteiger partial charge is 0.313 e. The molecule has 2 aromatic rings. The second-order valence-corrected chi connectivity index (χ2v) is 5.40. The number of pyridine rings is 2. The fraction of sp³-hybridized carbons (Fsp3) is 0.333. The zero-order valence-electron chi connectivity index (χ0n) is 11.2. The molecule has 0 amide bonds. The van der Waals surface area contributed by atoms with Crippen LogP contribution < -0.4 is 5.32 Å². The van der Waals surface area contributed by atoms with Crippen LogP contribution in [0.3, 0.4) is 0 Å². The Morgan fingerprint density at radius 3 is 2.79 bits per heavy atom. The van der Waals surface area contributed by atoms with E-state index >= 15 is 0 Å². The van der Waals surface area contributed by atoms with Crippen molar-refractivity contribution in [3.63, 3.8) is 0 Å². The van der Waals surface area contributed by atoms with Crippen LogP contribution in [0.5, 0.6) is 0 Å². The van der Waals surface area contributed by atoms with E-state index in [0.717, 1.165) is 17.3 Å². The monoisotopic (exact) mass is 319 g/mol. The van der Waals surface area contributed by atoms with Crippen molar-refractivity contribution in [3.05, 3.63) is 58.1 Å². The minimum Gasteiger partial charge on any atom is -0.313 e. The first kappa shape index (κ1) is 14.2. The van der Waals surface area contributed by atoms with E-state index in [1.54, 1.807) is 0 Å². The summed E-state index contributed by atoms with van der Waals surface area (Å²) in [5.74, 6) is 0. The standard InChI is InChI=1S/C15H18BrN3/c1-3-12-9-18-5-4-14(12)15(17-2)7-11-6-13(16)10-19-8-11/h4-6,8-10,15,17H,3,7H2,1-2H3. The number of nitrogens with zero attached hydrogens (tertiary/aromatic N) is 2. The average molecular weight is 320 g/mol. The van der Waals surface area contributed by atoms with Gasteiger partial charge in [-0.1, -0.05) is 6.92 Å². The smallest absolute Gasteiger partial charge is 0.0410 e. The third-order valence-electron chi connectivity index (χ3n) is 3.25. The van der Waals surface area contributed by atoms with Crippen LogP contribution in [0.2, 0.25) is 0 Å². The number of rotatable bonds is 5. The minimum atomic E-state index is 0.286. The summed E-state index contributed by atoms with van der Waals surface area (Å²) in [5, 5.41) is 3.39. The fourth-order valence-electron chi connectivity index (χ4n) is 2.24. The van der Waals surface area contributed by atoms with Gasteiger partial charge in [-0.15, -0.1) is 0 Å². The highest BCUT2D eigenvalue weighted by molar-refractivity contribution is 9.10. The first-order chi connectivity index (χ1) is 9.24. The minimum absolute atomic E-state index is 0.286. The van der Waals surface area contributed by atoms with Gasteiger partial charge >= 0.3 is 0 Å². The van der Waals surface area contributed by atoms with Gasteiger partial charge in [-0.25, -0.2) is 0 Å². The average Bonchev–Trinajstić information content (AvgIpc) is 2.45. The topological polar surface area (TPSA) is 37.8 Å². The maximum atomic E-state index is 4.22. The molecule has 0 spiro atoms. The molecule has 0 bridgehead atoms. The summed E-state index contributed by atoms with van der Waals surface area (Å²) in [6.45, 7) is 2.16. The van der Waals surface area contributed by atoms with Crippen molar-refractivity contribution < 1.29 is 0 Å². The van der Waals surface area contributed by atoms with Crippen LogP contribution in [0.1, 0.15) is 29.7 Å². The molecule has 3 nitrogen and oxygen atoms in total. The highest BCUT2D eigenvalue weighted by Gasteiger charge is 2.13. The van der Waals surface area contributed by atoms with Crippen molar-refractivity contribution in [1.29, 1.82) is 0 Å². The van der Waals surface area contributed by atoms with E-state index in [9.17, 15) is 0 Å². The lowest BCUT2D eigenvalue weighted by atomic mass is 9.96.